The minimum Gasteiger partial charge on any atom is -0.236 e. The molecule has 0 fully saturated rings. The van der Waals surface area contributed by atoms with Crippen molar-refractivity contribution in [2.75, 3.05) is 0 Å². The van der Waals surface area contributed by atoms with Crippen LogP contribution < -0.4 is 0 Å². The molecule has 0 aliphatic carbocycles. The van der Waals surface area contributed by atoms with Crippen LogP contribution in [0.5, 0.6) is 0 Å². The van der Waals surface area contributed by atoms with Crippen molar-refractivity contribution in [3.8, 4) is 5.69 Å². The molecular formula is C13H14BrClN2. The van der Waals surface area contributed by atoms with E-state index in [9.17, 15) is 0 Å². The van der Waals surface area contributed by atoms with Gasteiger partial charge < -0.3 is 0 Å². The fraction of sp³-hybridized carbons (Fsp3) is 0.308. The standard InChI is InChI=1S/C13H14BrClN2/c1-8-4-5-12(11(6-8)7-15)17-10(3)13(14)9(2)16-17/h4-6H,7H2,1-3H3. The van der Waals surface area contributed by atoms with E-state index in [1.807, 2.05) is 18.5 Å². The first-order valence-electron chi connectivity index (χ1n) is 5.42. The highest BCUT2D eigenvalue weighted by Crippen LogP contribution is 2.25. The Balaban J connectivity index is 2.64. The molecule has 2 nitrogen and oxygen atoms in total. The van der Waals surface area contributed by atoms with Crippen molar-refractivity contribution in [1.29, 1.82) is 0 Å². The third-order valence-electron chi connectivity index (χ3n) is 2.81. The van der Waals surface area contributed by atoms with Gasteiger partial charge in [0.05, 0.1) is 21.5 Å². The number of nitrogens with zero attached hydrogens (tertiary/aromatic N) is 2. The molecule has 17 heavy (non-hydrogen) atoms. The van der Waals surface area contributed by atoms with Gasteiger partial charge >= 0.3 is 0 Å². The van der Waals surface area contributed by atoms with Gasteiger partial charge in [-0.2, -0.15) is 5.10 Å². The van der Waals surface area contributed by atoms with Crippen LogP contribution in [0.15, 0.2) is 22.7 Å². The molecule has 0 spiro atoms. The van der Waals surface area contributed by atoms with E-state index in [-0.39, 0.29) is 0 Å². The van der Waals surface area contributed by atoms with Gasteiger partial charge in [0.25, 0.3) is 0 Å². The van der Waals surface area contributed by atoms with E-state index < -0.39 is 0 Å². The SMILES string of the molecule is Cc1ccc(-n2nc(C)c(Br)c2C)c(CCl)c1. The number of alkyl halides is 1. The predicted molar refractivity (Wildman–Crippen MR) is 75.0 cm³/mol. The zero-order valence-electron chi connectivity index (χ0n) is 10.1. The van der Waals surface area contributed by atoms with Crippen LogP contribution in [0, 0.1) is 20.8 Å². The first-order chi connectivity index (χ1) is 8.04. The summed E-state index contributed by atoms with van der Waals surface area (Å²) in [6.07, 6.45) is 0. The maximum Gasteiger partial charge on any atom is 0.0743 e. The van der Waals surface area contributed by atoms with Crippen molar-refractivity contribution in [3.05, 3.63) is 45.2 Å². The fourth-order valence-electron chi connectivity index (χ4n) is 1.89. The van der Waals surface area contributed by atoms with E-state index in [0.717, 1.165) is 27.1 Å². The lowest BCUT2D eigenvalue weighted by molar-refractivity contribution is 0.825. The van der Waals surface area contributed by atoms with Gasteiger partial charge in [-0.3, -0.25) is 0 Å². The van der Waals surface area contributed by atoms with Gasteiger partial charge in [0, 0.05) is 5.88 Å². The lowest BCUT2D eigenvalue weighted by Crippen LogP contribution is -2.03. The molecule has 2 aromatic rings. The second-order valence-electron chi connectivity index (χ2n) is 4.16. The van der Waals surface area contributed by atoms with Gasteiger partial charge in [0.15, 0.2) is 0 Å². The molecule has 0 N–H and O–H groups in total. The molecular weight excluding hydrogens is 300 g/mol. The van der Waals surface area contributed by atoms with Crippen molar-refractivity contribution in [2.24, 2.45) is 0 Å². The molecule has 4 heteroatoms. The second-order valence-corrected chi connectivity index (χ2v) is 5.22. The van der Waals surface area contributed by atoms with E-state index in [4.69, 9.17) is 11.6 Å². The topological polar surface area (TPSA) is 17.8 Å². The highest BCUT2D eigenvalue weighted by atomic mass is 79.9. The van der Waals surface area contributed by atoms with Crippen LogP contribution >= 0.6 is 27.5 Å². The molecule has 0 aliphatic heterocycles. The maximum atomic E-state index is 6.00. The summed E-state index contributed by atoms with van der Waals surface area (Å²) in [5.41, 5.74) is 5.45. The summed E-state index contributed by atoms with van der Waals surface area (Å²) in [6, 6.07) is 6.25. The van der Waals surface area contributed by atoms with Crippen LogP contribution in [0.3, 0.4) is 0 Å². The Kier molecular flexibility index (Phi) is 3.59. The third-order valence-corrected chi connectivity index (χ3v) is 4.25. The van der Waals surface area contributed by atoms with E-state index >= 15 is 0 Å². The zero-order chi connectivity index (χ0) is 12.6. The third kappa shape index (κ3) is 2.26. The van der Waals surface area contributed by atoms with Crippen molar-refractivity contribution < 1.29 is 0 Å². The van der Waals surface area contributed by atoms with Crippen molar-refractivity contribution in [1.82, 2.24) is 9.78 Å². The van der Waals surface area contributed by atoms with Crippen molar-refractivity contribution >= 4 is 27.5 Å². The zero-order valence-corrected chi connectivity index (χ0v) is 12.4. The van der Waals surface area contributed by atoms with Gasteiger partial charge in [-0.05, 0) is 48.3 Å². The Bertz CT molecular complexity index is 561. The van der Waals surface area contributed by atoms with Crippen LogP contribution in [0.1, 0.15) is 22.5 Å². The normalized spacial score (nSPS) is 10.9. The summed E-state index contributed by atoms with van der Waals surface area (Å²) >= 11 is 9.54. The molecule has 0 atom stereocenters. The molecule has 1 aromatic carbocycles. The first-order valence-corrected chi connectivity index (χ1v) is 6.75. The molecule has 0 saturated carbocycles. The summed E-state index contributed by atoms with van der Waals surface area (Å²) in [7, 11) is 0. The number of aromatic nitrogens is 2. The van der Waals surface area contributed by atoms with Gasteiger partial charge in [-0.1, -0.05) is 17.7 Å². The Morgan fingerprint density at radius 2 is 2.00 bits per heavy atom. The van der Waals surface area contributed by atoms with E-state index in [2.05, 4.69) is 46.2 Å². The number of halogens is 2. The largest absolute Gasteiger partial charge is 0.236 e. The predicted octanol–water partition coefficient (Wildman–Crippen LogP) is 4.30. The summed E-state index contributed by atoms with van der Waals surface area (Å²) < 4.78 is 3.00. The molecule has 0 aliphatic rings. The molecule has 0 amide bonds. The lowest BCUT2D eigenvalue weighted by Gasteiger charge is -2.10. The molecule has 1 aromatic heterocycles. The Morgan fingerprint density at radius 3 is 2.53 bits per heavy atom. The summed E-state index contributed by atoms with van der Waals surface area (Å²) in [6.45, 7) is 6.10. The Morgan fingerprint density at radius 1 is 1.29 bits per heavy atom. The quantitative estimate of drug-likeness (QED) is 0.756. The first kappa shape index (κ1) is 12.7. The molecule has 2 rings (SSSR count). The molecule has 0 unspecified atom stereocenters. The van der Waals surface area contributed by atoms with Gasteiger partial charge in [0.1, 0.15) is 0 Å². The molecule has 0 bridgehead atoms. The van der Waals surface area contributed by atoms with Crippen LogP contribution in [-0.4, -0.2) is 9.78 Å². The van der Waals surface area contributed by atoms with Crippen molar-refractivity contribution in [2.45, 2.75) is 26.7 Å². The number of aryl methyl sites for hydroxylation is 2. The van der Waals surface area contributed by atoms with Gasteiger partial charge in [-0.25, -0.2) is 4.68 Å². The van der Waals surface area contributed by atoms with Crippen LogP contribution in [0.4, 0.5) is 0 Å². The summed E-state index contributed by atoms with van der Waals surface area (Å²) in [4.78, 5) is 0. The molecule has 0 radical (unpaired) electrons. The smallest absolute Gasteiger partial charge is 0.0743 e. The monoisotopic (exact) mass is 312 g/mol. The fourth-order valence-corrected chi connectivity index (χ4v) is 2.35. The number of hydrogen-bond donors (Lipinski definition) is 0. The molecule has 0 saturated heterocycles. The molecule has 1 heterocycles. The minimum atomic E-state index is 0.493. The van der Waals surface area contributed by atoms with Crippen LogP contribution in [-0.2, 0) is 5.88 Å². The average molecular weight is 314 g/mol. The van der Waals surface area contributed by atoms with E-state index in [0.29, 0.717) is 5.88 Å². The van der Waals surface area contributed by atoms with Crippen molar-refractivity contribution in [3.63, 3.8) is 0 Å². The number of benzene rings is 1. The summed E-state index contributed by atoms with van der Waals surface area (Å²) in [5, 5.41) is 4.53. The second kappa shape index (κ2) is 4.83. The van der Waals surface area contributed by atoms with Crippen LogP contribution in [0.25, 0.3) is 5.69 Å². The average Bonchev–Trinajstić information content (AvgIpc) is 2.57. The van der Waals surface area contributed by atoms with E-state index in [1.54, 1.807) is 0 Å². The Hall–Kier alpha value is -0.800. The highest BCUT2D eigenvalue weighted by Gasteiger charge is 2.12. The maximum absolute atomic E-state index is 6.00. The number of hydrogen-bond acceptors (Lipinski definition) is 1. The summed E-state index contributed by atoms with van der Waals surface area (Å²) in [5.74, 6) is 0.493. The van der Waals surface area contributed by atoms with Gasteiger partial charge in [0.2, 0.25) is 0 Å². The minimum absolute atomic E-state index is 0.493. The highest BCUT2D eigenvalue weighted by molar-refractivity contribution is 9.10. The Labute approximate surface area is 115 Å². The number of rotatable bonds is 2. The van der Waals surface area contributed by atoms with E-state index in [1.165, 1.54) is 5.56 Å². The molecule has 90 valence electrons. The van der Waals surface area contributed by atoms with Gasteiger partial charge in [-0.15, -0.1) is 11.6 Å². The van der Waals surface area contributed by atoms with Crippen LogP contribution in [0.2, 0.25) is 0 Å². The lowest BCUT2D eigenvalue weighted by atomic mass is 10.1.